The monoisotopic (exact) mass is 405 g/mol. The molecule has 0 aliphatic carbocycles. The summed E-state index contributed by atoms with van der Waals surface area (Å²) in [5.41, 5.74) is 2.74. The molecule has 0 saturated heterocycles. The smallest absolute Gasteiger partial charge is 0.294 e. The summed E-state index contributed by atoms with van der Waals surface area (Å²) in [5.74, 6) is -1.56. The topological polar surface area (TPSA) is 83.4 Å². The third kappa shape index (κ3) is 3.23. The van der Waals surface area contributed by atoms with Crippen LogP contribution in [0.3, 0.4) is 0 Å². The molecule has 1 aliphatic rings. The Bertz CT molecular complexity index is 1130. The van der Waals surface area contributed by atoms with Gasteiger partial charge >= 0.3 is 0 Å². The van der Waals surface area contributed by atoms with Gasteiger partial charge in [0.05, 0.1) is 26.8 Å². The Morgan fingerprint density at radius 3 is 2.41 bits per heavy atom. The summed E-state index contributed by atoms with van der Waals surface area (Å²) >= 11 is 1.25. The van der Waals surface area contributed by atoms with Crippen LogP contribution < -0.4 is 4.90 Å². The van der Waals surface area contributed by atoms with Crippen molar-refractivity contribution in [3.63, 3.8) is 0 Å². The number of aromatic nitrogens is 2. The van der Waals surface area contributed by atoms with Gasteiger partial charge in [0.15, 0.2) is 5.76 Å². The van der Waals surface area contributed by atoms with Crippen LogP contribution in [0.15, 0.2) is 60.0 Å². The van der Waals surface area contributed by atoms with E-state index in [1.165, 1.54) is 16.2 Å². The van der Waals surface area contributed by atoms with Crippen LogP contribution in [0.2, 0.25) is 0 Å². The normalized spacial score (nSPS) is 16.6. The molecule has 0 spiro atoms. The number of anilines is 1. The Morgan fingerprint density at radius 1 is 1.10 bits per heavy atom. The van der Waals surface area contributed by atoms with Crippen molar-refractivity contribution in [2.45, 2.75) is 26.8 Å². The lowest BCUT2D eigenvalue weighted by Crippen LogP contribution is -2.31. The van der Waals surface area contributed by atoms with Crippen molar-refractivity contribution in [1.29, 1.82) is 0 Å². The van der Waals surface area contributed by atoms with Gasteiger partial charge in [-0.25, -0.2) is 4.98 Å². The number of amides is 1. The lowest BCUT2D eigenvalue weighted by molar-refractivity contribution is -0.117. The minimum Gasteiger partial charge on any atom is -0.503 e. The van der Waals surface area contributed by atoms with Crippen LogP contribution in [0, 0.1) is 20.8 Å². The number of benzene rings is 1. The first-order valence-electron chi connectivity index (χ1n) is 9.11. The molecule has 1 aliphatic heterocycles. The van der Waals surface area contributed by atoms with Crippen molar-refractivity contribution in [1.82, 2.24) is 9.97 Å². The van der Waals surface area contributed by atoms with E-state index in [1.807, 2.05) is 26.0 Å². The zero-order valence-corrected chi connectivity index (χ0v) is 17.0. The summed E-state index contributed by atoms with van der Waals surface area (Å²) in [5, 5.41) is 11.5. The molecule has 1 aromatic carbocycles. The number of Topliss-reactive ketones (excluding diaryl/α,β-unsaturated/α-hetero) is 1. The van der Waals surface area contributed by atoms with Gasteiger partial charge < -0.3 is 5.11 Å². The zero-order chi connectivity index (χ0) is 20.7. The van der Waals surface area contributed by atoms with E-state index in [0.717, 1.165) is 10.6 Å². The van der Waals surface area contributed by atoms with Crippen LogP contribution in [-0.4, -0.2) is 26.8 Å². The fourth-order valence-corrected chi connectivity index (χ4v) is 4.36. The van der Waals surface area contributed by atoms with Gasteiger partial charge in [0, 0.05) is 11.9 Å². The summed E-state index contributed by atoms with van der Waals surface area (Å²) in [6.07, 6.45) is 1.60. The van der Waals surface area contributed by atoms with Gasteiger partial charge in [-0.3, -0.25) is 19.5 Å². The van der Waals surface area contributed by atoms with E-state index in [4.69, 9.17) is 0 Å². The van der Waals surface area contributed by atoms with E-state index in [1.54, 1.807) is 43.5 Å². The Kier molecular flexibility index (Phi) is 4.76. The predicted molar refractivity (Wildman–Crippen MR) is 111 cm³/mol. The minimum atomic E-state index is -0.819. The summed E-state index contributed by atoms with van der Waals surface area (Å²) in [7, 11) is 0. The van der Waals surface area contributed by atoms with E-state index in [9.17, 15) is 14.7 Å². The summed E-state index contributed by atoms with van der Waals surface area (Å²) in [4.78, 5) is 37.0. The van der Waals surface area contributed by atoms with Crippen LogP contribution in [0.1, 0.15) is 37.7 Å². The highest BCUT2D eigenvalue weighted by atomic mass is 32.1. The van der Waals surface area contributed by atoms with E-state index < -0.39 is 23.5 Å². The number of pyridine rings is 1. The molecule has 3 aromatic rings. The quantitative estimate of drug-likeness (QED) is 0.656. The Labute approximate surface area is 172 Å². The molecule has 3 heterocycles. The zero-order valence-electron chi connectivity index (χ0n) is 16.2. The number of nitrogens with zero attached hydrogens (tertiary/aromatic N) is 3. The number of thiazole rings is 1. The number of aryl methyl sites for hydroxylation is 3. The van der Waals surface area contributed by atoms with Crippen molar-refractivity contribution < 1.29 is 14.7 Å². The Balaban J connectivity index is 1.88. The van der Waals surface area contributed by atoms with Crippen LogP contribution >= 0.6 is 11.3 Å². The van der Waals surface area contributed by atoms with E-state index in [0.29, 0.717) is 22.0 Å². The third-order valence-electron chi connectivity index (χ3n) is 4.84. The number of ketones is 1. The minimum absolute atomic E-state index is 0.0287. The molecule has 0 fully saturated rings. The molecule has 7 heteroatoms. The number of aliphatic hydroxyl groups excluding tert-OH is 1. The predicted octanol–water partition coefficient (Wildman–Crippen LogP) is 4.25. The second-order valence-electron chi connectivity index (χ2n) is 6.91. The van der Waals surface area contributed by atoms with Crippen molar-refractivity contribution in [3.05, 3.63) is 86.8 Å². The van der Waals surface area contributed by atoms with E-state index in [-0.39, 0.29) is 5.57 Å². The average Bonchev–Trinajstić information content (AvgIpc) is 3.19. The first kappa shape index (κ1) is 19.0. The first-order valence-corrected chi connectivity index (χ1v) is 9.93. The largest absolute Gasteiger partial charge is 0.503 e. The molecular formula is C22H19N3O3S. The summed E-state index contributed by atoms with van der Waals surface area (Å²) in [6, 6.07) is 11.8. The average molecular weight is 405 g/mol. The van der Waals surface area contributed by atoms with Crippen molar-refractivity contribution in [2.75, 3.05) is 4.90 Å². The molecule has 146 valence electrons. The SMILES string of the molecule is Cc1ccc(N2C(=O)C(O)=C(C(=O)c3sc(C)nc3C)C2c2ccccn2)cc1. The number of aliphatic hydroxyl groups is 1. The number of hydrogen-bond acceptors (Lipinski definition) is 6. The highest BCUT2D eigenvalue weighted by Crippen LogP contribution is 2.42. The van der Waals surface area contributed by atoms with Crippen molar-refractivity contribution in [3.8, 4) is 0 Å². The van der Waals surface area contributed by atoms with Crippen LogP contribution in [-0.2, 0) is 4.79 Å². The number of rotatable bonds is 4. The molecule has 4 rings (SSSR count). The lowest BCUT2D eigenvalue weighted by Gasteiger charge is -2.26. The number of carbonyl (C=O) groups excluding carboxylic acids is 2. The van der Waals surface area contributed by atoms with Crippen LogP contribution in [0.25, 0.3) is 0 Å². The number of carbonyl (C=O) groups is 2. The molecule has 6 nitrogen and oxygen atoms in total. The molecule has 1 amide bonds. The van der Waals surface area contributed by atoms with Crippen molar-refractivity contribution >= 4 is 28.7 Å². The number of hydrogen-bond donors (Lipinski definition) is 1. The van der Waals surface area contributed by atoms with Gasteiger partial charge in [0.1, 0.15) is 6.04 Å². The highest BCUT2D eigenvalue weighted by Gasteiger charge is 2.45. The van der Waals surface area contributed by atoms with Gasteiger partial charge in [-0.15, -0.1) is 11.3 Å². The Morgan fingerprint density at radius 2 is 1.83 bits per heavy atom. The van der Waals surface area contributed by atoms with Gasteiger partial charge in [0.2, 0.25) is 5.78 Å². The second-order valence-corrected chi connectivity index (χ2v) is 8.11. The fraction of sp³-hybridized carbons (Fsp3) is 0.182. The van der Waals surface area contributed by atoms with Gasteiger partial charge in [-0.2, -0.15) is 0 Å². The molecule has 29 heavy (non-hydrogen) atoms. The second kappa shape index (κ2) is 7.25. The van der Waals surface area contributed by atoms with E-state index in [2.05, 4.69) is 9.97 Å². The summed E-state index contributed by atoms with van der Waals surface area (Å²) < 4.78 is 0. The molecule has 0 bridgehead atoms. The highest BCUT2D eigenvalue weighted by molar-refractivity contribution is 7.14. The fourth-order valence-electron chi connectivity index (χ4n) is 3.49. The molecule has 2 aromatic heterocycles. The van der Waals surface area contributed by atoms with Gasteiger partial charge in [-0.05, 0) is 45.0 Å². The summed E-state index contributed by atoms with van der Waals surface area (Å²) in [6.45, 7) is 5.52. The maximum Gasteiger partial charge on any atom is 0.294 e. The molecule has 1 N–H and O–H groups in total. The molecule has 1 unspecified atom stereocenters. The lowest BCUT2D eigenvalue weighted by atomic mass is 9.98. The maximum absolute atomic E-state index is 13.4. The maximum atomic E-state index is 13.4. The Hall–Kier alpha value is -3.32. The van der Waals surface area contributed by atoms with Crippen LogP contribution in [0.4, 0.5) is 5.69 Å². The molecule has 0 radical (unpaired) electrons. The van der Waals surface area contributed by atoms with Gasteiger partial charge in [0.25, 0.3) is 5.91 Å². The molecule has 0 saturated carbocycles. The standard InChI is InChI=1S/C22H19N3O3S/c1-12-7-9-15(10-8-12)25-18(16-6-4-5-11-23-16)17(20(27)22(25)28)19(26)21-13(2)24-14(3)29-21/h4-11,18,27H,1-3H3. The van der Waals surface area contributed by atoms with Gasteiger partial charge in [-0.1, -0.05) is 23.8 Å². The first-order chi connectivity index (χ1) is 13.9. The van der Waals surface area contributed by atoms with E-state index >= 15 is 0 Å². The third-order valence-corrected chi connectivity index (χ3v) is 5.91. The molecule has 1 atom stereocenters. The molecular weight excluding hydrogens is 386 g/mol. The van der Waals surface area contributed by atoms with Crippen molar-refractivity contribution in [2.24, 2.45) is 0 Å². The van der Waals surface area contributed by atoms with Crippen LogP contribution in [0.5, 0.6) is 0 Å².